The van der Waals surface area contributed by atoms with Gasteiger partial charge in [-0.1, -0.05) is 11.3 Å². The van der Waals surface area contributed by atoms with Crippen molar-refractivity contribution in [1.29, 1.82) is 0 Å². The highest BCUT2D eigenvalue weighted by molar-refractivity contribution is 7.16. The number of aryl methyl sites for hydroxylation is 1. The molecule has 0 amide bonds. The van der Waals surface area contributed by atoms with E-state index in [4.69, 9.17) is 0 Å². The molecule has 1 saturated carbocycles. The third kappa shape index (κ3) is 3.46. The number of halogens is 3. The molecule has 3 aromatic rings. The lowest BCUT2D eigenvalue weighted by atomic mass is 10.1. The van der Waals surface area contributed by atoms with Crippen molar-refractivity contribution in [3.8, 4) is 0 Å². The molecule has 0 spiro atoms. The van der Waals surface area contributed by atoms with Gasteiger partial charge in [0.05, 0.1) is 29.3 Å². The van der Waals surface area contributed by atoms with Crippen LogP contribution in [-0.2, 0) is 11.7 Å². The van der Waals surface area contributed by atoms with E-state index in [1.165, 1.54) is 11.3 Å². The normalized spacial score (nSPS) is 15.1. The van der Waals surface area contributed by atoms with Gasteiger partial charge in [0.15, 0.2) is 0 Å². The Morgan fingerprint density at radius 3 is 2.43 bits per heavy atom. The van der Waals surface area contributed by atoms with E-state index in [-0.39, 0.29) is 17.6 Å². The molecule has 0 aliphatic heterocycles. The van der Waals surface area contributed by atoms with E-state index in [0.29, 0.717) is 23.5 Å². The van der Waals surface area contributed by atoms with E-state index < -0.39 is 17.3 Å². The van der Waals surface area contributed by atoms with Crippen molar-refractivity contribution >= 4 is 22.3 Å². The first-order valence-corrected chi connectivity index (χ1v) is 9.54. The van der Waals surface area contributed by atoms with Crippen LogP contribution in [0, 0.1) is 6.92 Å². The predicted octanol–water partition coefficient (Wildman–Crippen LogP) is 4.26. The Kier molecular flexibility index (Phi) is 4.36. The molecule has 4 rings (SSSR count). The van der Waals surface area contributed by atoms with Crippen molar-refractivity contribution in [1.82, 2.24) is 29.9 Å². The molecule has 0 atom stereocenters. The number of thiazole rings is 1. The van der Waals surface area contributed by atoms with Gasteiger partial charge in [-0.25, -0.2) is 15.0 Å². The largest absolute Gasteiger partial charge is 0.419 e. The van der Waals surface area contributed by atoms with Gasteiger partial charge in [0.2, 0.25) is 5.95 Å². The summed E-state index contributed by atoms with van der Waals surface area (Å²) in [6, 6.07) is 0. The summed E-state index contributed by atoms with van der Waals surface area (Å²) in [6.45, 7) is 5.70. The fourth-order valence-electron chi connectivity index (χ4n) is 2.81. The van der Waals surface area contributed by atoms with E-state index in [9.17, 15) is 13.2 Å². The lowest BCUT2D eigenvalue weighted by Gasteiger charge is -2.20. The molecule has 28 heavy (non-hydrogen) atoms. The third-order valence-corrected chi connectivity index (χ3v) is 5.94. The second kappa shape index (κ2) is 6.50. The summed E-state index contributed by atoms with van der Waals surface area (Å²) in [5.74, 6) is -0.00802. The lowest BCUT2D eigenvalue weighted by molar-refractivity contribution is -0.138. The van der Waals surface area contributed by atoms with E-state index in [0.717, 1.165) is 11.2 Å². The number of alkyl halides is 3. The molecule has 0 unspecified atom stereocenters. The monoisotopic (exact) mass is 409 g/mol. The molecule has 1 N–H and O–H groups in total. The van der Waals surface area contributed by atoms with Crippen molar-refractivity contribution in [3.05, 3.63) is 40.5 Å². The lowest BCUT2D eigenvalue weighted by Crippen LogP contribution is -2.29. The van der Waals surface area contributed by atoms with E-state index in [1.807, 2.05) is 20.8 Å². The van der Waals surface area contributed by atoms with Gasteiger partial charge in [0.25, 0.3) is 0 Å². The molecule has 1 fully saturated rings. The molecule has 0 radical (unpaired) electrons. The fourth-order valence-corrected chi connectivity index (χ4v) is 3.85. The summed E-state index contributed by atoms with van der Waals surface area (Å²) < 4.78 is 39.6. The van der Waals surface area contributed by atoms with Crippen LogP contribution in [0.25, 0.3) is 0 Å². The first-order valence-electron chi connectivity index (χ1n) is 8.72. The number of nitrogens with one attached hydrogen (secondary N) is 1. The smallest absolute Gasteiger partial charge is 0.314 e. The van der Waals surface area contributed by atoms with Gasteiger partial charge >= 0.3 is 6.18 Å². The molecule has 0 bridgehead atoms. The minimum atomic E-state index is -4.45. The minimum absolute atomic E-state index is 0.0634. The van der Waals surface area contributed by atoms with Crippen molar-refractivity contribution < 1.29 is 13.2 Å². The van der Waals surface area contributed by atoms with Gasteiger partial charge in [0.1, 0.15) is 15.5 Å². The van der Waals surface area contributed by atoms with Crippen LogP contribution in [0.1, 0.15) is 54.6 Å². The molecule has 1 aliphatic rings. The van der Waals surface area contributed by atoms with Crippen molar-refractivity contribution in [2.45, 2.75) is 51.2 Å². The van der Waals surface area contributed by atoms with Crippen LogP contribution in [0.5, 0.6) is 0 Å². The molecule has 1 aliphatic carbocycles. The topological polar surface area (TPSA) is 81.4 Å². The van der Waals surface area contributed by atoms with E-state index in [2.05, 4.69) is 30.5 Å². The van der Waals surface area contributed by atoms with E-state index >= 15 is 0 Å². The Labute approximate surface area is 163 Å². The maximum Gasteiger partial charge on any atom is 0.419 e. The first kappa shape index (κ1) is 18.8. The Morgan fingerprint density at radius 2 is 1.82 bits per heavy atom. The summed E-state index contributed by atoms with van der Waals surface area (Å²) >= 11 is 1.37. The van der Waals surface area contributed by atoms with Crippen LogP contribution in [-0.4, -0.2) is 29.9 Å². The molecule has 7 nitrogen and oxygen atoms in total. The van der Waals surface area contributed by atoms with Crippen LogP contribution < -0.4 is 5.32 Å². The number of hydrogen-bond acceptors (Lipinski definition) is 7. The molecule has 0 saturated heterocycles. The molecule has 3 heterocycles. The van der Waals surface area contributed by atoms with Gasteiger partial charge in [-0.2, -0.15) is 28.2 Å². The third-order valence-electron chi connectivity index (χ3n) is 4.55. The Morgan fingerprint density at radius 1 is 1.14 bits per heavy atom. The van der Waals surface area contributed by atoms with Crippen molar-refractivity contribution in [2.75, 3.05) is 5.32 Å². The van der Waals surface area contributed by atoms with Gasteiger partial charge in [0, 0.05) is 12.1 Å². The molecule has 11 heteroatoms. The number of rotatable bonds is 5. The Balaban J connectivity index is 1.64. The van der Waals surface area contributed by atoms with Gasteiger partial charge in [-0.05, 0) is 33.6 Å². The Bertz CT molecular complexity index is 991. The second-order valence-electron chi connectivity index (χ2n) is 7.20. The quantitative estimate of drug-likeness (QED) is 0.678. The maximum absolute atomic E-state index is 13.2. The molecular formula is C17H18F3N7S. The summed E-state index contributed by atoms with van der Waals surface area (Å²) in [5, 5.41) is 12.8. The minimum Gasteiger partial charge on any atom is -0.314 e. The fraction of sp³-hybridized carbons (Fsp3) is 0.471. The second-order valence-corrected chi connectivity index (χ2v) is 8.20. The summed E-state index contributed by atoms with van der Waals surface area (Å²) in [4.78, 5) is 14.2. The average Bonchev–Trinajstić information content (AvgIpc) is 3.17. The summed E-state index contributed by atoms with van der Waals surface area (Å²) in [6.07, 6.45) is 1.03. The highest BCUT2D eigenvalue weighted by Crippen LogP contribution is 2.45. The van der Waals surface area contributed by atoms with Gasteiger partial charge in [-0.3, -0.25) is 0 Å². The number of nitrogens with zero attached hydrogens (tertiary/aromatic N) is 6. The Hall–Kier alpha value is -2.56. The highest BCUT2D eigenvalue weighted by Gasteiger charge is 2.40. The first-order chi connectivity index (χ1) is 13.2. The van der Waals surface area contributed by atoms with Crippen molar-refractivity contribution in [3.63, 3.8) is 0 Å². The number of hydrogen-bond donors (Lipinski definition) is 1. The standard InChI is InChI=1S/C17H18F3N7S/c1-9-13(28-14(24-9)16(2,3)27-22-6-7-23-27)26-15-21-8-11(17(18,19)20)12(25-15)10-4-5-10/h6-8,10H,4-5H2,1-3H3,(H,21,25,26). The van der Waals surface area contributed by atoms with Crippen LogP contribution in [0.2, 0.25) is 0 Å². The van der Waals surface area contributed by atoms with Crippen LogP contribution in [0.15, 0.2) is 18.6 Å². The van der Waals surface area contributed by atoms with Crippen LogP contribution in [0.4, 0.5) is 24.1 Å². The molecular weight excluding hydrogens is 391 g/mol. The highest BCUT2D eigenvalue weighted by atomic mass is 32.1. The number of aromatic nitrogens is 6. The van der Waals surface area contributed by atoms with Crippen LogP contribution >= 0.6 is 11.3 Å². The zero-order valence-electron chi connectivity index (χ0n) is 15.4. The molecule has 3 aromatic heterocycles. The predicted molar refractivity (Wildman–Crippen MR) is 97.6 cm³/mol. The van der Waals surface area contributed by atoms with Gasteiger partial charge in [-0.15, -0.1) is 0 Å². The molecule has 148 valence electrons. The van der Waals surface area contributed by atoms with E-state index in [1.54, 1.807) is 17.2 Å². The average molecular weight is 409 g/mol. The van der Waals surface area contributed by atoms with Crippen LogP contribution in [0.3, 0.4) is 0 Å². The molecule has 0 aromatic carbocycles. The zero-order chi connectivity index (χ0) is 20.1. The summed E-state index contributed by atoms with van der Waals surface area (Å²) in [5.41, 5.74) is -0.558. The van der Waals surface area contributed by atoms with Crippen molar-refractivity contribution in [2.24, 2.45) is 0 Å². The maximum atomic E-state index is 13.2. The van der Waals surface area contributed by atoms with Gasteiger partial charge < -0.3 is 5.32 Å². The number of anilines is 2. The summed E-state index contributed by atoms with van der Waals surface area (Å²) in [7, 11) is 0. The zero-order valence-corrected chi connectivity index (χ0v) is 16.3. The SMILES string of the molecule is Cc1nc(C(C)(C)n2nccn2)sc1Nc1ncc(C(F)(F)F)c(C2CC2)n1.